The van der Waals surface area contributed by atoms with Gasteiger partial charge in [-0.25, -0.2) is 4.98 Å². The maximum absolute atomic E-state index is 12.3. The van der Waals surface area contributed by atoms with Gasteiger partial charge < -0.3 is 4.90 Å². The van der Waals surface area contributed by atoms with Crippen LogP contribution in [0.4, 0.5) is 10.8 Å². The number of rotatable bonds is 3. The highest BCUT2D eigenvalue weighted by atomic mass is 32.1. The van der Waals surface area contributed by atoms with Gasteiger partial charge in [-0.1, -0.05) is 6.07 Å². The molecule has 0 unspecified atom stereocenters. The first kappa shape index (κ1) is 13.1. The molecule has 1 aliphatic heterocycles. The van der Waals surface area contributed by atoms with E-state index in [1.165, 1.54) is 29.9 Å². The number of aromatic nitrogens is 1. The molecule has 1 aliphatic rings. The summed E-state index contributed by atoms with van der Waals surface area (Å²) in [6, 6.07) is 5.93. The van der Waals surface area contributed by atoms with E-state index in [2.05, 4.69) is 21.3 Å². The van der Waals surface area contributed by atoms with Crippen molar-refractivity contribution in [1.29, 1.82) is 0 Å². The highest BCUT2D eigenvalue weighted by molar-refractivity contribution is 7.13. The Balaban J connectivity index is 1.85. The Morgan fingerprint density at radius 3 is 2.85 bits per heavy atom. The minimum absolute atomic E-state index is 0.0847. The molecule has 1 amide bonds. The molecule has 1 aromatic carbocycles. The number of nitrogens with one attached hydrogen (secondary N) is 1. The van der Waals surface area contributed by atoms with Gasteiger partial charge in [-0.15, -0.1) is 11.3 Å². The van der Waals surface area contributed by atoms with Gasteiger partial charge in [0.1, 0.15) is 0 Å². The molecule has 5 heteroatoms. The van der Waals surface area contributed by atoms with E-state index in [-0.39, 0.29) is 5.91 Å². The van der Waals surface area contributed by atoms with Crippen LogP contribution in [-0.2, 0) is 0 Å². The van der Waals surface area contributed by atoms with Gasteiger partial charge in [0.05, 0.1) is 0 Å². The molecule has 1 aromatic heterocycles. The third-order valence-corrected chi connectivity index (χ3v) is 4.34. The highest BCUT2D eigenvalue weighted by Gasteiger charge is 2.18. The van der Waals surface area contributed by atoms with Crippen LogP contribution in [-0.4, -0.2) is 24.0 Å². The number of carbonyl (C=O) groups excluding carboxylic acids is 1. The van der Waals surface area contributed by atoms with Gasteiger partial charge >= 0.3 is 0 Å². The van der Waals surface area contributed by atoms with Crippen molar-refractivity contribution in [3.8, 4) is 0 Å². The molecule has 1 N–H and O–H groups in total. The quantitative estimate of drug-likeness (QED) is 0.942. The Hall–Kier alpha value is -1.88. The number of carbonyl (C=O) groups is 1. The minimum atomic E-state index is -0.0847. The first-order valence-electron chi connectivity index (χ1n) is 6.81. The Morgan fingerprint density at radius 2 is 2.15 bits per heavy atom. The number of thiazole rings is 1. The molecule has 4 nitrogen and oxygen atoms in total. The maximum Gasteiger partial charge on any atom is 0.257 e. The molecule has 0 spiro atoms. The lowest BCUT2D eigenvalue weighted by Gasteiger charge is -2.21. The normalized spacial score (nSPS) is 14.6. The second-order valence-corrected chi connectivity index (χ2v) is 5.83. The van der Waals surface area contributed by atoms with Crippen molar-refractivity contribution in [1.82, 2.24) is 4.98 Å². The van der Waals surface area contributed by atoms with Crippen LogP contribution in [0.5, 0.6) is 0 Å². The van der Waals surface area contributed by atoms with Crippen LogP contribution in [0.2, 0.25) is 0 Å². The third kappa shape index (κ3) is 2.54. The number of amides is 1. The number of nitrogens with zero attached hydrogens (tertiary/aromatic N) is 2. The molecule has 104 valence electrons. The topological polar surface area (TPSA) is 45.2 Å². The Kier molecular flexibility index (Phi) is 3.69. The van der Waals surface area contributed by atoms with E-state index in [9.17, 15) is 4.79 Å². The Bertz CT molecular complexity index is 604. The summed E-state index contributed by atoms with van der Waals surface area (Å²) in [4.78, 5) is 18.8. The predicted molar refractivity (Wildman–Crippen MR) is 82.7 cm³/mol. The zero-order valence-electron chi connectivity index (χ0n) is 11.4. The van der Waals surface area contributed by atoms with Crippen LogP contribution in [0, 0.1) is 6.92 Å². The van der Waals surface area contributed by atoms with Crippen molar-refractivity contribution < 1.29 is 4.79 Å². The zero-order chi connectivity index (χ0) is 13.9. The first-order chi connectivity index (χ1) is 9.75. The van der Waals surface area contributed by atoms with Crippen LogP contribution >= 0.6 is 11.3 Å². The largest absolute Gasteiger partial charge is 0.371 e. The smallest absolute Gasteiger partial charge is 0.257 e. The number of hydrogen-bond acceptors (Lipinski definition) is 4. The summed E-state index contributed by atoms with van der Waals surface area (Å²) < 4.78 is 0. The first-order valence-corrected chi connectivity index (χ1v) is 7.69. The Morgan fingerprint density at radius 1 is 1.35 bits per heavy atom. The molecule has 0 radical (unpaired) electrons. The summed E-state index contributed by atoms with van der Waals surface area (Å²) in [6.07, 6.45) is 4.15. The van der Waals surface area contributed by atoms with Crippen LogP contribution in [0.1, 0.15) is 28.8 Å². The van der Waals surface area contributed by atoms with Gasteiger partial charge in [-0.2, -0.15) is 0 Å². The van der Waals surface area contributed by atoms with Gasteiger partial charge in [0.15, 0.2) is 5.13 Å². The number of anilines is 2. The molecule has 3 rings (SSSR count). The molecule has 0 aliphatic carbocycles. The summed E-state index contributed by atoms with van der Waals surface area (Å²) in [5.41, 5.74) is 2.95. The highest BCUT2D eigenvalue weighted by Crippen LogP contribution is 2.27. The van der Waals surface area contributed by atoms with Crippen LogP contribution in [0.3, 0.4) is 0 Å². The molecule has 2 heterocycles. The summed E-state index contributed by atoms with van der Waals surface area (Å²) in [5.74, 6) is -0.0847. The van der Waals surface area contributed by atoms with Crippen LogP contribution in [0.15, 0.2) is 29.8 Å². The Labute approximate surface area is 122 Å². The second-order valence-electron chi connectivity index (χ2n) is 4.94. The molecule has 0 atom stereocenters. The average molecular weight is 287 g/mol. The van der Waals surface area contributed by atoms with Crippen LogP contribution < -0.4 is 10.2 Å². The van der Waals surface area contributed by atoms with E-state index in [0.29, 0.717) is 5.13 Å². The van der Waals surface area contributed by atoms with Crippen molar-refractivity contribution in [2.45, 2.75) is 19.8 Å². The van der Waals surface area contributed by atoms with Crippen molar-refractivity contribution in [2.75, 3.05) is 23.3 Å². The lowest BCUT2D eigenvalue weighted by molar-refractivity contribution is 0.102. The molecular weight excluding hydrogens is 270 g/mol. The molecule has 1 saturated heterocycles. The van der Waals surface area contributed by atoms with E-state index < -0.39 is 0 Å². The fraction of sp³-hybridized carbons (Fsp3) is 0.333. The fourth-order valence-electron chi connectivity index (χ4n) is 2.62. The summed E-state index contributed by atoms with van der Waals surface area (Å²) in [5, 5.41) is 5.34. The van der Waals surface area contributed by atoms with E-state index in [0.717, 1.165) is 24.2 Å². The number of benzene rings is 1. The molecule has 2 aromatic rings. The summed E-state index contributed by atoms with van der Waals surface area (Å²) in [6.45, 7) is 4.18. The predicted octanol–water partition coefficient (Wildman–Crippen LogP) is 3.30. The third-order valence-electron chi connectivity index (χ3n) is 3.65. The monoisotopic (exact) mass is 287 g/mol. The maximum atomic E-state index is 12.3. The van der Waals surface area contributed by atoms with Crippen LogP contribution in [0.25, 0.3) is 0 Å². The van der Waals surface area contributed by atoms with Gasteiger partial charge in [-0.3, -0.25) is 10.1 Å². The summed E-state index contributed by atoms with van der Waals surface area (Å²) in [7, 11) is 0. The molecular formula is C15H17N3OS. The van der Waals surface area contributed by atoms with Gasteiger partial charge in [0, 0.05) is 35.9 Å². The lowest BCUT2D eigenvalue weighted by Crippen LogP contribution is -2.21. The van der Waals surface area contributed by atoms with E-state index in [1.807, 2.05) is 24.4 Å². The minimum Gasteiger partial charge on any atom is -0.371 e. The van der Waals surface area contributed by atoms with Gasteiger partial charge in [0.2, 0.25) is 0 Å². The zero-order valence-corrected chi connectivity index (χ0v) is 12.2. The van der Waals surface area contributed by atoms with E-state index in [4.69, 9.17) is 0 Å². The molecule has 20 heavy (non-hydrogen) atoms. The number of hydrogen-bond donors (Lipinski definition) is 1. The van der Waals surface area contributed by atoms with Crippen molar-refractivity contribution >= 4 is 28.1 Å². The van der Waals surface area contributed by atoms with Gasteiger partial charge in [0.25, 0.3) is 5.91 Å². The SMILES string of the molecule is Cc1c(C(=O)Nc2nccs2)cccc1N1CCCC1. The molecule has 1 fully saturated rings. The summed E-state index contributed by atoms with van der Waals surface area (Å²) >= 11 is 1.43. The van der Waals surface area contributed by atoms with Crippen molar-refractivity contribution in [3.63, 3.8) is 0 Å². The van der Waals surface area contributed by atoms with Crippen molar-refractivity contribution in [2.24, 2.45) is 0 Å². The fourth-order valence-corrected chi connectivity index (χ4v) is 3.14. The standard InChI is InChI=1S/C15H17N3OS/c1-11-12(14(19)17-15-16-7-10-20-15)5-4-6-13(11)18-8-2-3-9-18/h4-7,10H,2-3,8-9H2,1H3,(H,16,17,19). The second kappa shape index (κ2) is 5.63. The van der Waals surface area contributed by atoms with Crippen molar-refractivity contribution in [3.05, 3.63) is 40.9 Å². The molecule has 0 saturated carbocycles. The van der Waals surface area contributed by atoms with E-state index in [1.54, 1.807) is 6.20 Å². The lowest BCUT2D eigenvalue weighted by atomic mass is 10.1. The van der Waals surface area contributed by atoms with Gasteiger partial charge in [-0.05, 0) is 37.5 Å². The van der Waals surface area contributed by atoms with E-state index >= 15 is 0 Å². The molecule has 0 bridgehead atoms. The average Bonchev–Trinajstić information content (AvgIpc) is 3.11.